The van der Waals surface area contributed by atoms with Crippen LogP contribution in [0.2, 0.25) is 0 Å². The number of ether oxygens (including phenoxy) is 1. The molecule has 1 aliphatic heterocycles. The van der Waals surface area contributed by atoms with Crippen LogP contribution in [0.1, 0.15) is 66.2 Å². The maximum Gasteiger partial charge on any atom is 0.317 e. The maximum absolute atomic E-state index is 11.8. The molecule has 0 bridgehead atoms. The van der Waals surface area contributed by atoms with Crippen molar-refractivity contribution < 1.29 is 14.3 Å². The van der Waals surface area contributed by atoms with E-state index in [0.29, 0.717) is 12.8 Å². The molecular weight excluding hydrogens is 276 g/mol. The number of allylic oxidation sites excluding steroid dienone is 4. The molecule has 3 nitrogen and oxygen atoms in total. The van der Waals surface area contributed by atoms with E-state index in [2.05, 4.69) is 39.8 Å². The van der Waals surface area contributed by atoms with Gasteiger partial charge in [0.15, 0.2) is 0 Å². The SMILES string of the molecule is CC/C(C)=C/CCC(C)(CC)C1=CCC2C(=O)OC(=O)C2C1. The van der Waals surface area contributed by atoms with Crippen LogP contribution < -0.4 is 0 Å². The van der Waals surface area contributed by atoms with Gasteiger partial charge in [0.05, 0.1) is 11.8 Å². The monoisotopic (exact) mass is 304 g/mol. The van der Waals surface area contributed by atoms with E-state index in [1.165, 1.54) is 11.1 Å². The lowest BCUT2D eigenvalue weighted by Gasteiger charge is -2.35. The van der Waals surface area contributed by atoms with E-state index in [1.807, 2.05) is 0 Å². The fourth-order valence-electron chi connectivity index (χ4n) is 3.49. The molecule has 0 radical (unpaired) electrons. The Morgan fingerprint density at radius 1 is 1.32 bits per heavy atom. The van der Waals surface area contributed by atoms with Crippen LogP contribution in [0.5, 0.6) is 0 Å². The van der Waals surface area contributed by atoms with Crippen LogP contribution in [-0.2, 0) is 14.3 Å². The average Bonchev–Trinajstić information content (AvgIpc) is 2.81. The highest BCUT2D eigenvalue weighted by Gasteiger charge is 2.47. The summed E-state index contributed by atoms with van der Waals surface area (Å²) in [7, 11) is 0. The quantitative estimate of drug-likeness (QED) is 0.410. The molecule has 0 aromatic heterocycles. The van der Waals surface area contributed by atoms with Crippen LogP contribution in [0.4, 0.5) is 0 Å². The van der Waals surface area contributed by atoms with Crippen molar-refractivity contribution in [3.8, 4) is 0 Å². The summed E-state index contributed by atoms with van der Waals surface area (Å²) in [6, 6.07) is 0. The maximum atomic E-state index is 11.8. The van der Waals surface area contributed by atoms with Crippen molar-refractivity contribution in [2.45, 2.75) is 66.2 Å². The molecule has 3 unspecified atom stereocenters. The first-order valence-electron chi connectivity index (χ1n) is 8.52. The second kappa shape index (κ2) is 6.80. The molecule has 0 aromatic rings. The van der Waals surface area contributed by atoms with Crippen molar-refractivity contribution in [3.05, 3.63) is 23.3 Å². The highest BCUT2D eigenvalue weighted by atomic mass is 16.6. The zero-order chi connectivity index (χ0) is 16.3. The van der Waals surface area contributed by atoms with Gasteiger partial charge >= 0.3 is 11.9 Å². The summed E-state index contributed by atoms with van der Waals surface area (Å²) in [6.07, 6.45) is 10.2. The summed E-state index contributed by atoms with van der Waals surface area (Å²) < 4.78 is 4.81. The molecule has 1 saturated heterocycles. The van der Waals surface area contributed by atoms with Crippen LogP contribution in [0.25, 0.3) is 0 Å². The minimum atomic E-state index is -0.329. The largest absolute Gasteiger partial charge is 0.393 e. The number of cyclic esters (lactones) is 2. The average molecular weight is 304 g/mol. The Morgan fingerprint density at radius 3 is 2.64 bits per heavy atom. The van der Waals surface area contributed by atoms with Gasteiger partial charge in [0.25, 0.3) is 0 Å². The lowest BCUT2D eigenvalue weighted by molar-refractivity contribution is -0.153. The minimum Gasteiger partial charge on any atom is -0.393 e. The molecule has 1 aliphatic carbocycles. The highest BCUT2D eigenvalue weighted by molar-refractivity contribution is 5.97. The molecule has 2 rings (SSSR count). The summed E-state index contributed by atoms with van der Waals surface area (Å²) in [5, 5.41) is 0. The molecule has 1 fully saturated rings. The number of fused-ring (bicyclic) bond motifs is 1. The van der Waals surface area contributed by atoms with Gasteiger partial charge in [-0.2, -0.15) is 0 Å². The van der Waals surface area contributed by atoms with Crippen LogP contribution in [0.3, 0.4) is 0 Å². The van der Waals surface area contributed by atoms with Crippen molar-refractivity contribution in [1.82, 2.24) is 0 Å². The first-order chi connectivity index (χ1) is 10.4. The molecule has 0 spiro atoms. The molecular formula is C19H28O3. The van der Waals surface area contributed by atoms with Crippen molar-refractivity contribution in [2.75, 3.05) is 0 Å². The molecule has 0 aromatic carbocycles. The van der Waals surface area contributed by atoms with E-state index >= 15 is 0 Å². The molecule has 0 saturated carbocycles. The molecule has 1 heterocycles. The van der Waals surface area contributed by atoms with E-state index < -0.39 is 0 Å². The Morgan fingerprint density at radius 2 is 2.00 bits per heavy atom. The van der Waals surface area contributed by atoms with Gasteiger partial charge in [-0.15, -0.1) is 0 Å². The number of esters is 2. The normalized spacial score (nSPS) is 28.0. The van der Waals surface area contributed by atoms with Crippen LogP contribution in [-0.4, -0.2) is 11.9 Å². The van der Waals surface area contributed by atoms with Gasteiger partial charge in [-0.05, 0) is 50.9 Å². The van der Waals surface area contributed by atoms with E-state index in [1.54, 1.807) is 0 Å². The van der Waals surface area contributed by atoms with Crippen LogP contribution in [0.15, 0.2) is 23.3 Å². The first-order valence-corrected chi connectivity index (χ1v) is 8.52. The van der Waals surface area contributed by atoms with Gasteiger partial charge in [-0.3, -0.25) is 9.59 Å². The van der Waals surface area contributed by atoms with Gasteiger partial charge < -0.3 is 4.74 Å². The summed E-state index contributed by atoms with van der Waals surface area (Å²) in [4.78, 5) is 23.5. The van der Waals surface area contributed by atoms with Crippen molar-refractivity contribution in [1.29, 1.82) is 0 Å². The first kappa shape index (κ1) is 17.0. The Labute approximate surface area is 133 Å². The summed E-state index contributed by atoms with van der Waals surface area (Å²) >= 11 is 0. The smallest absolute Gasteiger partial charge is 0.317 e. The van der Waals surface area contributed by atoms with E-state index in [-0.39, 0.29) is 29.2 Å². The number of carbonyl (C=O) groups excluding carboxylic acids is 2. The van der Waals surface area contributed by atoms with Gasteiger partial charge in [-0.1, -0.05) is 44.1 Å². The Bertz CT molecular complexity index is 515. The van der Waals surface area contributed by atoms with Crippen LogP contribution in [0, 0.1) is 17.3 Å². The Kier molecular flexibility index (Phi) is 5.25. The minimum absolute atomic E-state index is 0.113. The Hall–Kier alpha value is -1.38. The van der Waals surface area contributed by atoms with Crippen molar-refractivity contribution in [3.63, 3.8) is 0 Å². The fourth-order valence-corrected chi connectivity index (χ4v) is 3.49. The van der Waals surface area contributed by atoms with Gasteiger partial charge in [0.1, 0.15) is 0 Å². The predicted octanol–water partition coefficient (Wildman–Crippen LogP) is 4.58. The van der Waals surface area contributed by atoms with E-state index in [9.17, 15) is 9.59 Å². The van der Waals surface area contributed by atoms with Gasteiger partial charge in [0.2, 0.25) is 0 Å². The summed E-state index contributed by atoms with van der Waals surface area (Å²) in [5.41, 5.74) is 2.88. The van der Waals surface area contributed by atoms with Crippen molar-refractivity contribution in [2.24, 2.45) is 17.3 Å². The van der Waals surface area contributed by atoms with Gasteiger partial charge in [0, 0.05) is 0 Å². The zero-order valence-corrected chi connectivity index (χ0v) is 14.3. The van der Waals surface area contributed by atoms with Crippen LogP contribution >= 0.6 is 0 Å². The fraction of sp³-hybridized carbons (Fsp3) is 0.684. The zero-order valence-electron chi connectivity index (χ0n) is 14.3. The third-order valence-electron chi connectivity index (χ3n) is 5.65. The molecule has 3 heteroatoms. The summed E-state index contributed by atoms with van der Waals surface area (Å²) in [6.45, 7) is 8.85. The third-order valence-corrected chi connectivity index (χ3v) is 5.65. The molecule has 3 atom stereocenters. The van der Waals surface area contributed by atoms with E-state index in [4.69, 9.17) is 4.74 Å². The lowest BCUT2D eigenvalue weighted by Crippen LogP contribution is -2.28. The molecule has 2 aliphatic rings. The van der Waals surface area contributed by atoms with E-state index in [0.717, 1.165) is 25.7 Å². The molecule has 0 amide bonds. The predicted molar refractivity (Wildman–Crippen MR) is 87.1 cm³/mol. The number of rotatable bonds is 6. The second-order valence-electron chi connectivity index (χ2n) is 6.98. The third kappa shape index (κ3) is 3.34. The van der Waals surface area contributed by atoms with Crippen molar-refractivity contribution >= 4 is 11.9 Å². The molecule has 122 valence electrons. The standard InChI is InChI=1S/C19H28O3/c1-5-13(3)8-7-11-19(4,6-2)14-9-10-15-16(12-14)18(21)22-17(15)20/h8-9,15-16H,5-7,10-12H2,1-4H3/b13-8+. The van der Waals surface area contributed by atoms with Gasteiger partial charge in [-0.25, -0.2) is 0 Å². The lowest BCUT2D eigenvalue weighted by atomic mass is 9.68. The molecule has 0 N–H and O–H groups in total. The number of hydrogen-bond acceptors (Lipinski definition) is 3. The Balaban J connectivity index is 2.09. The topological polar surface area (TPSA) is 43.4 Å². The second-order valence-corrected chi connectivity index (χ2v) is 6.98. The molecule has 22 heavy (non-hydrogen) atoms. The number of carbonyl (C=O) groups is 2. The highest BCUT2D eigenvalue weighted by Crippen LogP contribution is 2.46. The number of hydrogen-bond donors (Lipinski definition) is 0. The summed E-state index contributed by atoms with van der Waals surface area (Å²) in [5.74, 6) is -1.13.